The van der Waals surface area contributed by atoms with E-state index in [-0.39, 0.29) is 5.54 Å². The third kappa shape index (κ3) is 12.0. The van der Waals surface area contributed by atoms with Crippen LogP contribution in [0.3, 0.4) is 0 Å². The van der Waals surface area contributed by atoms with E-state index in [1.807, 2.05) is 0 Å². The number of ether oxygens (including phenoxy) is 1. The number of nitrogens with zero attached hydrogens (tertiary/aromatic N) is 1. The maximum Gasteiger partial charge on any atom is 0.0589 e. The van der Waals surface area contributed by atoms with Crippen LogP contribution in [0.25, 0.3) is 0 Å². The fourth-order valence-electron chi connectivity index (χ4n) is 1.51. The minimum atomic E-state index is 0.259. The molecule has 0 amide bonds. The van der Waals surface area contributed by atoms with Crippen LogP contribution in [0, 0.1) is 0 Å². The van der Waals surface area contributed by atoms with Gasteiger partial charge < -0.3 is 15.0 Å². The average molecular weight is 230 g/mol. The Bertz CT molecular complexity index is 155. The Balaban J connectivity index is 3.20. The molecular weight excluding hydrogens is 200 g/mol. The zero-order valence-electron chi connectivity index (χ0n) is 11.8. The highest BCUT2D eigenvalue weighted by atomic mass is 16.5. The highest BCUT2D eigenvalue weighted by Gasteiger charge is 2.06. The molecule has 0 aromatic heterocycles. The van der Waals surface area contributed by atoms with E-state index in [9.17, 15) is 0 Å². The van der Waals surface area contributed by atoms with Gasteiger partial charge in [-0.15, -0.1) is 0 Å². The summed E-state index contributed by atoms with van der Waals surface area (Å²) in [4.78, 5) is 2.33. The topological polar surface area (TPSA) is 24.5 Å². The van der Waals surface area contributed by atoms with E-state index in [1.54, 1.807) is 7.11 Å². The van der Waals surface area contributed by atoms with Crippen molar-refractivity contribution in [3.8, 4) is 0 Å². The minimum absolute atomic E-state index is 0.259. The number of nitrogens with one attached hydrogen (secondary N) is 1. The molecule has 16 heavy (non-hydrogen) atoms. The van der Waals surface area contributed by atoms with Gasteiger partial charge in [0.1, 0.15) is 0 Å². The highest BCUT2D eigenvalue weighted by Crippen LogP contribution is 2.01. The second-order valence-electron chi connectivity index (χ2n) is 5.53. The zero-order valence-corrected chi connectivity index (χ0v) is 11.8. The van der Waals surface area contributed by atoms with Crippen LogP contribution in [0.4, 0.5) is 0 Å². The normalized spacial score (nSPS) is 12.4. The molecule has 0 rings (SSSR count). The molecule has 0 fully saturated rings. The summed E-state index contributed by atoms with van der Waals surface area (Å²) in [7, 11) is 3.92. The second-order valence-corrected chi connectivity index (χ2v) is 5.53. The summed E-state index contributed by atoms with van der Waals surface area (Å²) in [5.74, 6) is 0. The van der Waals surface area contributed by atoms with Crippen LogP contribution in [0.1, 0.15) is 40.0 Å². The van der Waals surface area contributed by atoms with Crippen molar-refractivity contribution in [3.63, 3.8) is 0 Å². The van der Waals surface area contributed by atoms with E-state index < -0.39 is 0 Å². The molecule has 3 heteroatoms. The maximum atomic E-state index is 5.04. The first kappa shape index (κ1) is 15.9. The highest BCUT2D eigenvalue weighted by molar-refractivity contribution is 4.69. The van der Waals surface area contributed by atoms with Crippen molar-refractivity contribution >= 4 is 0 Å². The summed E-state index contributed by atoms with van der Waals surface area (Å²) in [6.45, 7) is 10.8. The molecule has 1 N–H and O–H groups in total. The van der Waals surface area contributed by atoms with Gasteiger partial charge in [-0.1, -0.05) is 6.42 Å². The first-order valence-corrected chi connectivity index (χ1v) is 6.38. The van der Waals surface area contributed by atoms with Gasteiger partial charge in [0.15, 0.2) is 0 Å². The van der Waals surface area contributed by atoms with Crippen LogP contribution < -0.4 is 5.32 Å². The summed E-state index contributed by atoms with van der Waals surface area (Å²) in [6, 6.07) is 0. The lowest BCUT2D eigenvalue weighted by Gasteiger charge is -2.20. The van der Waals surface area contributed by atoms with E-state index in [4.69, 9.17) is 4.74 Å². The van der Waals surface area contributed by atoms with Crippen molar-refractivity contribution < 1.29 is 4.74 Å². The molecule has 0 spiro atoms. The van der Waals surface area contributed by atoms with Gasteiger partial charge in [-0.2, -0.15) is 0 Å². The molecule has 98 valence electrons. The third-order valence-electron chi connectivity index (χ3n) is 2.55. The number of methoxy groups -OCH3 is 1. The molecule has 0 aliphatic carbocycles. The zero-order chi connectivity index (χ0) is 12.4. The molecule has 0 aliphatic rings. The second kappa shape index (κ2) is 8.97. The van der Waals surface area contributed by atoms with Gasteiger partial charge in [0.05, 0.1) is 6.61 Å². The monoisotopic (exact) mass is 230 g/mol. The molecule has 0 saturated carbocycles. The summed E-state index contributed by atoms with van der Waals surface area (Å²) >= 11 is 0. The molecule has 0 aromatic rings. The molecule has 0 aromatic carbocycles. The predicted octanol–water partition coefficient (Wildman–Crippen LogP) is 2.12. The molecule has 0 atom stereocenters. The lowest BCUT2D eigenvalue weighted by atomic mass is 10.1. The van der Waals surface area contributed by atoms with Crippen molar-refractivity contribution in [2.24, 2.45) is 0 Å². The Morgan fingerprint density at radius 2 is 1.75 bits per heavy atom. The van der Waals surface area contributed by atoms with Gasteiger partial charge in [-0.25, -0.2) is 0 Å². The van der Waals surface area contributed by atoms with Crippen LogP contribution >= 0.6 is 0 Å². The largest absolute Gasteiger partial charge is 0.383 e. The Morgan fingerprint density at radius 3 is 2.31 bits per heavy atom. The number of rotatable bonds is 9. The van der Waals surface area contributed by atoms with Crippen molar-refractivity contribution in [3.05, 3.63) is 0 Å². The van der Waals surface area contributed by atoms with Crippen molar-refractivity contribution in [2.75, 3.05) is 40.4 Å². The van der Waals surface area contributed by atoms with Gasteiger partial charge in [0, 0.05) is 19.2 Å². The van der Waals surface area contributed by atoms with E-state index in [2.05, 4.69) is 38.0 Å². The molecule has 3 nitrogen and oxygen atoms in total. The first-order valence-electron chi connectivity index (χ1n) is 6.38. The molecular formula is C13H30N2O. The van der Waals surface area contributed by atoms with E-state index in [0.29, 0.717) is 0 Å². The average Bonchev–Trinajstić information content (AvgIpc) is 2.18. The maximum absolute atomic E-state index is 5.04. The molecule has 0 saturated heterocycles. The number of likely N-dealkylation sites (N-methyl/N-ethyl adjacent to an activating group) is 1. The quantitative estimate of drug-likeness (QED) is 0.614. The van der Waals surface area contributed by atoms with Crippen molar-refractivity contribution in [2.45, 2.75) is 45.6 Å². The number of hydrogen-bond acceptors (Lipinski definition) is 3. The smallest absolute Gasteiger partial charge is 0.0589 e. The first-order chi connectivity index (χ1) is 7.45. The van der Waals surface area contributed by atoms with E-state index in [0.717, 1.165) is 19.7 Å². The fourth-order valence-corrected chi connectivity index (χ4v) is 1.51. The minimum Gasteiger partial charge on any atom is -0.383 e. The fraction of sp³-hybridized carbons (Fsp3) is 1.00. The Kier molecular flexibility index (Phi) is 8.90. The predicted molar refractivity (Wildman–Crippen MR) is 71.0 cm³/mol. The van der Waals surface area contributed by atoms with Crippen LogP contribution in [0.5, 0.6) is 0 Å². The SMILES string of the molecule is COCCN(C)CCCCCNC(C)(C)C. The molecule has 0 aliphatic heterocycles. The number of unbranched alkanes of at least 4 members (excludes halogenated alkanes) is 2. The van der Waals surface area contributed by atoms with Gasteiger partial charge in [0.25, 0.3) is 0 Å². The van der Waals surface area contributed by atoms with Crippen LogP contribution in [0.2, 0.25) is 0 Å². The summed E-state index contributed by atoms with van der Waals surface area (Å²) < 4.78 is 5.04. The van der Waals surface area contributed by atoms with Crippen molar-refractivity contribution in [1.82, 2.24) is 10.2 Å². The lowest BCUT2D eigenvalue weighted by molar-refractivity contribution is 0.160. The van der Waals surface area contributed by atoms with Gasteiger partial charge in [0.2, 0.25) is 0 Å². The standard InChI is InChI=1S/C13H30N2O/c1-13(2,3)14-9-7-6-8-10-15(4)11-12-16-5/h14H,6-12H2,1-5H3. The summed E-state index contributed by atoms with van der Waals surface area (Å²) in [5.41, 5.74) is 0.259. The lowest BCUT2D eigenvalue weighted by Crippen LogP contribution is -2.36. The Labute approximate surface area is 102 Å². The van der Waals surface area contributed by atoms with Gasteiger partial charge in [-0.3, -0.25) is 0 Å². The van der Waals surface area contributed by atoms with Gasteiger partial charge in [-0.05, 0) is 53.8 Å². The summed E-state index contributed by atoms with van der Waals surface area (Å²) in [5, 5.41) is 3.51. The molecule has 0 heterocycles. The van der Waals surface area contributed by atoms with Crippen LogP contribution in [0.15, 0.2) is 0 Å². The summed E-state index contributed by atoms with van der Waals surface area (Å²) in [6.07, 6.45) is 3.86. The van der Waals surface area contributed by atoms with Gasteiger partial charge >= 0.3 is 0 Å². The number of hydrogen-bond donors (Lipinski definition) is 1. The van der Waals surface area contributed by atoms with Crippen LogP contribution in [-0.4, -0.2) is 50.8 Å². The Morgan fingerprint density at radius 1 is 1.06 bits per heavy atom. The van der Waals surface area contributed by atoms with E-state index >= 15 is 0 Å². The molecule has 0 unspecified atom stereocenters. The van der Waals surface area contributed by atoms with Crippen LogP contribution in [-0.2, 0) is 4.74 Å². The molecule has 0 radical (unpaired) electrons. The van der Waals surface area contributed by atoms with E-state index in [1.165, 1.54) is 25.8 Å². The Hall–Kier alpha value is -0.120. The molecule has 0 bridgehead atoms. The third-order valence-corrected chi connectivity index (χ3v) is 2.55. The van der Waals surface area contributed by atoms with Crippen molar-refractivity contribution in [1.29, 1.82) is 0 Å².